The Morgan fingerprint density at radius 2 is 2.04 bits per heavy atom. The van der Waals surface area contributed by atoms with Gasteiger partial charge in [0.15, 0.2) is 0 Å². The van der Waals surface area contributed by atoms with Gasteiger partial charge >= 0.3 is 6.09 Å². The van der Waals surface area contributed by atoms with E-state index in [1.165, 1.54) is 11.8 Å². The van der Waals surface area contributed by atoms with Gasteiger partial charge in [0.1, 0.15) is 6.61 Å². The average molecular weight is 372 g/mol. The van der Waals surface area contributed by atoms with Gasteiger partial charge in [-0.05, 0) is 35.8 Å². The Hall–Kier alpha value is -2.17. The normalized spacial score (nSPS) is 14.9. The van der Waals surface area contributed by atoms with Crippen molar-refractivity contribution < 1.29 is 9.53 Å². The number of rotatable bonds is 6. The van der Waals surface area contributed by atoms with E-state index in [2.05, 4.69) is 6.58 Å². The van der Waals surface area contributed by atoms with Crippen LogP contribution in [0.15, 0.2) is 77.2 Å². The molecule has 3 rings (SSSR count). The van der Waals surface area contributed by atoms with Crippen molar-refractivity contribution in [2.75, 3.05) is 13.2 Å². The molecule has 1 heterocycles. The SMILES string of the molecule is C=CC/C(=C(\Sc1cccc(Cl)c1)N1CCOC1=O)c1ccccc1. The lowest BCUT2D eigenvalue weighted by atomic mass is 10.0. The highest BCUT2D eigenvalue weighted by molar-refractivity contribution is 8.03. The fourth-order valence-electron chi connectivity index (χ4n) is 2.61. The van der Waals surface area contributed by atoms with Gasteiger partial charge in [0, 0.05) is 9.92 Å². The first-order valence-corrected chi connectivity index (χ1v) is 9.15. The third-order valence-corrected chi connectivity index (χ3v) is 5.13. The first-order valence-electron chi connectivity index (χ1n) is 7.96. The minimum atomic E-state index is -0.318. The summed E-state index contributed by atoms with van der Waals surface area (Å²) in [6, 6.07) is 17.6. The van der Waals surface area contributed by atoms with Crippen LogP contribution in [0.3, 0.4) is 0 Å². The van der Waals surface area contributed by atoms with Crippen LogP contribution in [0.4, 0.5) is 4.79 Å². The van der Waals surface area contributed by atoms with Crippen molar-refractivity contribution >= 4 is 35.0 Å². The highest BCUT2D eigenvalue weighted by Crippen LogP contribution is 2.38. The van der Waals surface area contributed by atoms with Gasteiger partial charge in [0.25, 0.3) is 0 Å². The number of benzene rings is 2. The molecule has 2 aromatic rings. The number of ether oxygens (including phenoxy) is 1. The Morgan fingerprint density at radius 1 is 1.24 bits per heavy atom. The van der Waals surface area contributed by atoms with Crippen LogP contribution in [0.2, 0.25) is 5.02 Å². The average Bonchev–Trinajstić information content (AvgIpc) is 3.05. The number of allylic oxidation sites excluding steroid dienone is 2. The molecule has 1 fully saturated rings. The maximum absolute atomic E-state index is 12.2. The second-order valence-electron chi connectivity index (χ2n) is 5.47. The number of hydrogen-bond donors (Lipinski definition) is 0. The lowest BCUT2D eigenvalue weighted by Crippen LogP contribution is -2.23. The summed E-state index contributed by atoms with van der Waals surface area (Å²) in [5.74, 6) is 0. The summed E-state index contributed by atoms with van der Waals surface area (Å²) in [6.45, 7) is 4.81. The van der Waals surface area contributed by atoms with Crippen molar-refractivity contribution in [2.45, 2.75) is 11.3 Å². The number of carbonyl (C=O) groups is 1. The molecule has 0 bridgehead atoms. The maximum atomic E-state index is 12.2. The van der Waals surface area contributed by atoms with E-state index >= 15 is 0 Å². The van der Waals surface area contributed by atoms with Gasteiger partial charge in [0.05, 0.1) is 11.6 Å². The number of hydrogen-bond acceptors (Lipinski definition) is 3. The minimum absolute atomic E-state index is 0.318. The van der Waals surface area contributed by atoms with Crippen molar-refractivity contribution in [1.82, 2.24) is 4.90 Å². The van der Waals surface area contributed by atoms with E-state index < -0.39 is 0 Å². The molecule has 0 N–H and O–H groups in total. The molecule has 1 aliphatic rings. The number of amides is 1. The van der Waals surface area contributed by atoms with Crippen molar-refractivity contribution in [1.29, 1.82) is 0 Å². The Bertz CT molecular complexity index is 804. The number of nitrogens with zero attached hydrogens (tertiary/aromatic N) is 1. The van der Waals surface area contributed by atoms with Crippen molar-refractivity contribution in [3.63, 3.8) is 0 Å². The molecule has 128 valence electrons. The molecule has 0 aromatic heterocycles. The predicted octanol–water partition coefficient (Wildman–Crippen LogP) is 5.83. The molecule has 1 aliphatic heterocycles. The van der Waals surface area contributed by atoms with Crippen molar-refractivity contribution in [3.8, 4) is 0 Å². The molecule has 0 unspecified atom stereocenters. The van der Waals surface area contributed by atoms with Crippen LogP contribution in [-0.4, -0.2) is 24.1 Å². The Balaban J connectivity index is 2.10. The van der Waals surface area contributed by atoms with E-state index in [0.29, 0.717) is 24.6 Å². The molecule has 2 aromatic carbocycles. The molecule has 0 spiro atoms. The molecule has 0 atom stereocenters. The summed E-state index contributed by atoms with van der Waals surface area (Å²) in [4.78, 5) is 14.9. The summed E-state index contributed by atoms with van der Waals surface area (Å²) in [7, 11) is 0. The fourth-order valence-corrected chi connectivity index (χ4v) is 4.02. The van der Waals surface area contributed by atoms with E-state index in [-0.39, 0.29) is 6.09 Å². The number of cyclic esters (lactones) is 1. The predicted molar refractivity (Wildman–Crippen MR) is 104 cm³/mol. The zero-order valence-corrected chi connectivity index (χ0v) is 15.2. The lowest BCUT2D eigenvalue weighted by molar-refractivity contribution is 0.165. The van der Waals surface area contributed by atoms with E-state index in [0.717, 1.165) is 21.1 Å². The second-order valence-corrected chi connectivity index (χ2v) is 6.97. The topological polar surface area (TPSA) is 29.5 Å². The summed E-state index contributed by atoms with van der Waals surface area (Å²) in [6.07, 6.45) is 2.18. The van der Waals surface area contributed by atoms with Crippen LogP contribution in [0.25, 0.3) is 5.57 Å². The zero-order chi connectivity index (χ0) is 17.6. The van der Waals surface area contributed by atoms with E-state index in [9.17, 15) is 4.79 Å². The molecule has 5 heteroatoms. The zero-order valence-electron chi connectivity index (χ0n) is 13.7. The molecule has 3 nitrogen and oxygen atoms in total. The Kier molecular flexibility index (Phi) is 5.84. The van der Waals surface area contributed by atoms with Crippen LogP contribution < -0.4 is 0 Å². The van der Waals surface area contributed by atoms with Gasteiger partial charge in [-0.2, -0.15) is 0 Å². The van der Waals surface area contributed by atoms with Crippen LogP contribution in [0.1, 0.15) is 12.0 Å². The van der Waals surface area contributed by atoms with Gasteiger partial charge in [0.2, 0.25) is 0 Å². The molecule has 1 saturated heterocycles. The van der Waals surface area contributed by atoms with Crippen LogP contribution in [0, 0.1) is 0 Å². The second kappa shape index (κ2) is 8.28. The fraction of sp³-hybridized carbons (Fsp3) is 0.150. The summed E-state index contributed by atoms with van der Waals surface area (Å²) < 4.78 is 5.16. The number of thioether (sulfide) groups is 1. The standard InChI is InChI=1S/C20H18ClNO2S/c1-2-7-18(15-8-4-3-5-9-15)19(22-12-13-24-20(22)23)25-17-11-6-10-16(21)14-17/h2-6,8-11,14H,1,7,12-13H2/b19-18+. The number of halogens is 1. The van der Waals surface area contributed by atoms with Crippen LogP contribution >= 0.6 is 23.4 Å². The molecule has 0 aliphatic carbocycles. The largest absolute Gasteiger partial charge is 0.447 e. The van der Waals surface area contributed by atoms with Gasteiger partial charge in [-0.1, -0.05) is 65.8 Å². The maximum Gasteiger partial charge on any atom is 0.414 e. The monoisotopic (exact) mass is 371 g/mol. The van der Waals surface area contributed by atoms with Crippen molar-refractivity contribution in [3.05, 3.63) is 82.9 Å². The number of carbonyl (C=O) groups excluding carboxylic acids is 1. The third-order valence-electron chi connectivity index (χ3n) is 3.75. The van der Waals surface area contributed by atoms with Crippen molar-refractivity contribution in [2.24, 2.45) is 0 Å². The summed E-state index contributed by atoms with van der Waals surface area (Å²) in [5, 5.41) is 1.52. The lowest BCUT2D eigenvalue weighted by Gasteiger charge is -2.21. The van der Waals surface area contributed by atoms with E-state index in [1.807, 2.05) is 60.7 Å². The van der Waals surface area contributed by atoms with E-state index in [4.69, 9.17) is 16.3 Å². The molecule has 1 amide bonds. The summed E-state index contributed by atoms with van der Waals surface area (Å²) >= 11 is 7.64. The minimum Gasteiger partial charge on any atom is -0.447 e. The highest BCUT2D eigenvalue weighted by atomic mass is 35.5. The van der Waals surface area contributed by atoms with Crippen LogP contribution in [-0.2, 0) is 4.74 Å². The van der Waals surface area contributed by atoms with Crippen LogP contribution in [0.5, 0.6) is 0 Å². The molecule has 25 heavy (non-hydrogen) atoms. The molecular weight excluding hydrogens is 354 g/mol. The highest BCUT2D eigenvalue weighted by Gasteiger charge is 2.28. The third kappa shape index (κ3) is 4.27. The molecular formula is C20H18ClNO2S. The Morgan fingerprint density at radius 3 is 2.68 bits per heavy atom. The summed E-state index contributed by atoms with van der Waals surface area (Å²) in [5.41, 5.74) is 2.10. The van der Waals surface area contributed by atoms with E-state index in [1.54, 1.807) is 4.90 Å². The molecule has 0 radical (unpaired) electrons. The van der Waals surface area contributed by atoms with Gasteiger partial charge in [-0.25, -0.2) is 4.79 Å². The smallest absolute Gasteiger partial charge is 0.414 e. The Labute approximate surface area is 156 Å². The van der Waals surface area contributed by atoms with Gasteiger partial charge in [-0.3, -0.25) is 4.90 Å². The van der Waals surface area contributed by atoms with Gasteiger partial charge < -0.3 is 4.74 Å². The molecule has 0 saturated carbocycles. The first-order chi connectivity index (χ1) is 12.2. The first kappa shape index (κ1) is 17.6. The quantitative estimate of drug-likeness (QED) is 0.472. The van der Waals surface area contributed by atoms with Gasteiger partial charge in [-0.15, -0.1) is 6.58 Å².